The van der Waals surface area contributed by atoms with Gasteiger partial charge in [-0.05, 0) is 20.5 Å². The number of nitrogens with zero attached hydrogens (tertiary/aromatic N) is 4. The van der Waals surface area contributed by atoms with Gasteiger partial charge in [0.25, 0.3) is 0 Å². The Morgan fingerprint density at radius 2 is 1.32 bits per heavy atom. The molecule has 2 N–H and O–H groups in total. The second-order valence-corrected chi connectivity index (χ2v) is 5.82. The predicted molar refractivity (Wildman–Crippen MR) is 90.5 cm³/mol. The number of carbonyl (C=O) groups is 3. The molecule has 0 aliphatic heterocycles. The average molecular weight is 385 g/mol. The Kier molecular flexibility index (Phi) is 17.8. The van der Waals surface area contributed by atoms with E-state index in [2.05, 4.69) is 5.32 Å². The fourth-order valence-corrected chi connectivity index (χ4v) is 2.19. The van der Waals surface area contributed by atoms with E-state index in [0.29, 0.717) is 45.8 Å². The average Bonchev–Trinajstić information content (AvgIpc) is 2.45. The van der Waals surface area contributed by atoms with Crippen LogP contribution < -0.4 is 51.4 Å². The van der Waals surface area contributed by atoms with Crippen LogP contribution in [0, 0.1) is 0 Å². The number of hydrogen-bond acceptors (Lipinski definition) is 6. The quantitative estimate of drug-likeness (QED) is 0.277. The van der Waals surface area contributed by atoms with E-state index in [-0.39, 0.29) is 70.3 Å². The van der Waals surface area contributed by atoms with Crippen LogP contribution in [0.1, 0.15) is 6.92 Å². The van der Waals surface area contributed by atoms with Gasteiger partial charge in [0, 0.05) is 26.2 Å². The molecule has 0 saturated heterocycles. The fourth-order valence-electron chi connectivity index (χ4n) is 2.19. The summed E-state index contributed by atoms with van der Waals surface area (Å²) in [5.74, 6) is -1.80. The fraction of sp³-hybridized carbons (Fsp3) is 0.800. The summed E-state index contributed by atoms with van der Waals surface area (Å²) >= 11 is 0. The molecule has 0 saturated carbocycles. The maximum absolute atomic E-state index is 11.3. The molecule has 0 aliphatic rings. The van der Waals surface area contributed by atoms with E-state index < -0.39 is 11.9 Å². The Hall–Kier alpha value is 0.0864. The molecule has 0 bridgehead atoms. The Bertz CT molecular complexity index is 411. The first-order valence-electron chi connectivity index (χ1n) is 7.86. The molecule has 0 unspecified atom stereocenters. The molecule has 25 heavy (non-hydrogen) atoms. The third kappa shape index (κ3) is 17.3. The van der Waals surface area contributed by atoms with Gasteiger partial charge in [0.2, 0.25) is 0 Å². The monoisotopic (exact) mass is 384 g/mol. The molecule has 0 heterocycles. The number of carboxylic acid groups (broad SMARTS) is 2. The van der Waals surface area contributed by atoms with Gasteiger partial charge in [-0.3, -0.25) is 29.1 Å². The van der Waals surface area contributed by atoms with Gasteiger partial charge < -0.3 is 15.5 Å². The van der Waals surface area contributed by atoms with Crippen molar-refractivity contribution in [2.24, 2.45) is 0 Å². The number of aliphatic carboxylic acids is 2. The van der Waals surface area contributed by atoms with Crippen LogP contribution >= 0.6 is 0 Å². The molecule has 140 valence electrons. The largest absolute Gasteiger partial charge is 1.00 e. The molecule has 0 aromatic heterocycles. The third-order valence-electron chi connectivity index (χ3n) is 3.38. The zero-order chi connectivity index (χ0) is 18.5. The molecular formula is C15H29KN4O5. The van der Waals surface area contributed by atoms with Crippen molar-refractivity contribution < 1.29 is 76.0 Å². The zero-order valence-corrected chi connectivity index (χ0v) is 18.9. The SMILES string of the molecule is C[N-]CCN(CCN(CCN(C)CC(=O)O)CC(=O)O)CC(C)=O.[K+]. The van der Waals surface area contributed by atoms with Crippen molar-refractivity contribution in [2.75, 3.05) is 73.0 Å². The first-order valence-corrected chi connectivity index (χ1v) is 7.86. The molecule has 0 aromatic rings. The summed E-state index contributed by atoms with van der Waals surface area (Å²) in [4.78, 5) is 38.3. The Morgan fingerprint density at radius 1 is 0.840 bits per heavy atom. The van der Waals surface area contributed by atoms with E-state index in [1.807, 2.05) is 4.90 Å². The normalized spacial score (nSPS) is 11.0. The number of rotatable bonds is 15. The van der Waals surface area contributed by atoms with Crippen molar-refractivity contribution in [1.82, 2.24) is 14.7 Å². The van der Waals surface area contributed by atoms with Gasteiger partial charge in [0.05, 0.1) is 19.6 Å². The Balaban J connectivity index is 0. The summed E-state index contributed by atoms with van der Waals surface area (Å²) in [6.45, 7) is 4.85. The molecule has 9 nitrogen and oxygen atoms in total. The first-order chi connectivity index (χ1) is 11.2. The van der Waals surface area contributed by atoms with Crippen LogP contribution in [-0.4, -0.2) is 116 Å². The van der Waals surface area contributed by atoms with Crippen molar-refractivity contribution in [2.45, 2.75) is 6.92 Å². The molecule has 10 heteroatoms. The molecule has 0 aliphatic carbocycles. The molecule has 0 rings (SSSR count). The maximum Gasteiger partial charge on any atom is 1.00 e. The Morgan fingerprint density at radius 3 is 1.76 bits per heavy atom. The third-order valence-corrected chi connectivity index (χ3v) is 3.38. The zero-order valence-electron chi connectivity index (χ0n) is 15.8. The molecule has 0 amide bonds. The second kappa shape index (κ2) is 16.3. The molecule has 0 radical (unpaired) electrons. The minimum atomic E-state index is -0.933. The standard InChI is InChI=1S/C15H29N4O5.K/c1-13(20)10-18(5-4-16-2)8-9-19(12-15(23)24)7-6-17(3)11-14(21)22;/h4-12H2,1-3H3,(H,21,22)(H,23,24);/q-1;+1. The summed E-state index contributed by atoms with van der Waals surface area (Å²) < 4.78 is 0. The summed E-state index contributed by atoms with van der Waals surface area (Å²) in [7, 11) is 3.39. The summed E-state index contributed by atoms with van der Waals surface area (Å²) in [6, 6.07) is 0. The van der Waals surface area contributed by atoms with Crippen LogP contribution in [0.3, 0.4) is 0 Å². The van der Waals surface area contributed by atoms with Gasteiger partial charge in [0.1, 0.15) is 5.78 Å². The van der Waals surface area contributed by atoms with Crippen LogP contribution in [0.2, 0.25) is 0 Å². The van der Waals surface area contributed by atoms with Crippen LogP contribution in [0.25, 0.3) is 5.32 Å². The smallest absolute Gasteiger partial charge is 0.664 e. The molecule has 0 spiro atoms. The van der Waals surface area contributed by atoms with Crippen LogP contribution in [0.5, 0.6) is 0 Å². The minimum Gasteiger partial charge on any atom is -0.664 e. The predicted octanol–water partition coefficient (Wildman–Crippen LogP) is -3.71. The number of hydrogen-bond donors (Lipinski definition) is 2. The van der Waals surface area contributed by atoms with E-state index in [1.165, 1.54) is 6.92 Å². The van der Waals surface area contributed by atoms with Crippen molar-refractivity contribution in [3.63, 3.8) is 0 Å². The van der Waals surface area contributed by atoms with Crippen molar-refractivity contribution in [3.05, 3.63) is 5.32 Å². The van der Waals surface area contributed by atoms with Gasteiger partial charge in [-0.15, -0.1) is 6.54 Å². The Labute approximate surface area is 192 Å². The van der Waals surface area contributed by atoms with Crippen LogP contribution in [-0.2, 0) is 14.4 Å². The molecular weight excluding hydrogens is 355 g/mol. The van der Waals surface area contributed by atoms with Gasteiger partial charge in [0.15, 0.2) is 0 Å². The van der Waals surface area contributed by atoms with Gasteiger partial charge >= 0.3 is 63.3 Å². The number of Topliss-reactive ketones (excluding diaryl/α,β-unsaturated/α-hetero) is 1. The molecule has 0 fully saturated rings. The van der Waals surface area contributed by atoms with Crippen LogP contribution in [0.4, 0.5) is 0 Å². The van der Waals surface area contributed by atoms with Gasteiger partial charge in [-0.25, -0.2) is 0 Å². The topological polar surface area (TPSA) is 115 Å². The first kappa shape index (κ1) is 27.3. The van der Waals surface area contributed by atoms with Gasteiger partial charge in [-0.2, -0.15) is 7.05 Å². The number of likely N-dealkylation sites (N-methyl/N-ethyl adjacent to an activating group) is 2. The van der Waals surface area contributed by atoms with E-state index >= 15 is 0 Å². The molecule has 0 atom stereocenters. The number of carbonyl (C=O) groups excluding carboxylic acids is 1. The second-order valence-electron chi connectivity index (χ2n) is 5.82. The maximum atomic E-state index is 11.3. The summed E-state index contributed by atoms with van der Waals surface area (Å²) in [5.41, 5.74) is 0. The summed E-state index contributed by atoms with van der Waals surface area (Å²) in [5, 5.41) is 21.8. The number of carboxylic acids is 2. The van der Waals surface area contributed by atoms with Crippen molar-refractivity contribution >= 4 is 17.7 Å². The van der Waals surface area contributed by atoms with Crippen molar-refractivity contribution in [3.8, 4) is 0 Å². The van der Waals surface area contributed by atoms with E-state index in [9.17, 15) is 14.4 Å². The van der Waals surface area contributed by atoms with E-state index in [4.69, 9.17) is 10.2 Å². The summed E-state index contributed by atoms with van der Waals surface area (Å²) in [6.07, 6.45) is 0. The van der Waals surface area contributed by atoms with Crippen molar-refractivity contribution in [1.29, 1.82) is 0 Å². The van der Waals surface area contributed by atoms with E-state index in [0.717, 1.165) is 0 Å². The molecule has 0 aromatic carbocycles. The van der Waals surface area contributed by atoms with Gasteiger partial charge in [-0.1, -0.05) is 0 Å². The minimum absolute atomic E-state index is 0. The van der Waals surface area contributed by atoms with E-state index in [1.54, 1.807) is 23.9 Å². The number of ketones is 1. The van der Waals surface area contributed by atoms with Crippen LogP contribution in [0.15, 0.2) is 0 Å².